The molecular formula is C21H24O4. The van der Waals surface area contributed by atoms with Crippen LogP contribution in [0, 0.1) is 13.8 Å². The lowest BCUT2D eigenvalue weighted by Gasteiger charge is -2.08. The van der Waals surface area contributed by atoms with E-state index in [1.807, 2.05) is 26.0 Å². The van der Waals surface area contributed by atoms with Gasteiger partial charge in [-0.2, -0.15) is 0 Å². The Morgan fingerprint density at radius 1 is 1.00 bits per heavy atom. The highest BCUT2D eigenvalue weighted by Crippen LogP contribution is 2.39. The molecule has 0 saturated carbocycles. The van der Waals surface area contributed by atoms with Crippen LogP contribution in [-0.2, 0) is 19.1 Å². The molecule has 0 atom stereocenters. The number of carbonyl (C=O) groups excluding carboxylic acids is 2. The largest absolute Gasteiger partial charge is 0.466 e. The molecule has 0 radical (unpaired) electrons. The minimum Gasteiger partial charge on any atom is -0.466 e. The maximum absolute atomic E-state index is 12.3. The summed E-state index contributed by atoms with van der Waals surface area (Å²) in [7, 11) is 2.58. The van der Waals surface area contributed by atoms with E-state index in [0.717, 1.165) is 22.3 Å². The molecule has 4 heteroatoms. The van der Waals surface area contributed by atoms with E-state index in [0.29, 0.717) is 11.5 Å². The number of esters is 2. The molecule has 0 aromatic rings. The molecule has 25 heavy (non-hydrogen) atoms. The van der Waals surface area contributed by atoms with Gasteiger partial charge in [0.05, 0.1) is 19.8 Å². The number of fused-ring (bicyclic) bond motifs is 1. The molecule has 0 bridgehead atoms. The van der Waals surface area contributed by atoms with Crippen molar-refractivity contribution in [1.29, 1.82) is 0 Å². The molecule has 2 rings (SSSR count). The van der Waals surface area contributed by atoms with Crippen molar-refractivity contribution in [2.24, 2.45) is 0 Å². The van der Waals surface area contributed by atoms with E-state index in [1.165, 1.54) is 25.9 Å². The van der Waals surface area contributed by atoms with Gasteiger partial charge in [-0.3, -0.25) is 0 Å². The van der Waals surface area contributed by atoms with E-state index in [9.17, 15) is 9.59 Å². The van der Waals surface area contributed by atoms with E-state index in [4.69, 9.17) is 9.47 Å². The second kappa shape index (κ2) is 7.51. The zero-order chi connectivity index (χ0) is 18.7. The lowest BCUT2D eigenvalue weighted by molar-refractivity contribution is -0.136. The van der Waals surface area contributed by atoms with Crippen molar-refractivity contribution in [2.75, 3.05) is 14.2 Å². The van der Waals surface area contributed by atoms with Crippen LogP contribution in [0.1, 0.15) is 42.0 Å². The van der Waals surface area contributed by atoms with E-state index in [-0.39, 0.29) is 5.57 Å². The molecular weight excluding hydrogens is 316 g/mol. The van der Waals surface area contributed by atoms with Crippen molar-refractivity contribution in [3.8, 4) is 11.1 Å². The Morgan fingerprint density at radius 3 is 2.24 bits per heavy atom. The maximum atomic E-state index is 12.3. The number of hydrogen-bond donors (Lipinski definition) is 0. The molecule has 0 aromatic heterocycles. The van der Waals surface area contributed by atoms with Crippen LogP contribution in [0.3, 0.4) is 0 Å². The van der Waals surface area contributed by atoms with Crippen LogP contribution in [0.4, 0.5) is 0 Å². The molecule has 0 heterocycles. The zero-order valence-electron chi connectivity index (χ0n) is 15.6. The van der Waals surface area contributed by atoms with Crippen LogP contribution in [-0.4, -0.2) is 26.2 Å². The van der Waals surface area contributed by atoms with Crippen molar-refractivity contribution in [3.63, 3.8) is 0 Å². The van der Waals surface area contributed by atoms with Gasteiger partial charge in [-0.25, -0.2) is 9.59 Å². The topological polar surface area (TPSA) is 52.6 Å². The molecule has 0 amide bonds. The number of rotatable bonds is 4. The van der Waals surface area contributed by atoms with Gasteiger partial charge >= 0.3 is 11.9 Å². The Labute approximate surface area is 148 Å². The standard InChI is InChI=1S/C21H24O4/c1-12(2)15-8-7-13(3)20-16(10-15)14(4)9-17(20)18(21(23)25-6)11-19(22)24-5/h7-12H,1-6H3. The quantitative estimate of drug-likeness (QED) is 0.616. The molecule has 0 fully saturated rings. The third-order valence-electron chi connectivity index (χ3n) is 4.38. The van der Waals surface area contributed by atoms with Crippen molar-refractivity contribution in [3.05, 3.63) is 52.6 Å². The van der Waals surface area contributed by atoms with Gasteiger partial charge in [-0.05, 0) is 59.2 Å². The number of methoxy groups -OCH3 is 2. The summed E-state index contributed by atoms with van der Waals surface area (Å²) in [6.45, 7) is 8.30. The summed E-state index contributed by atoms with van der Waals surface area (Å²) >= 11 is 0. The second-order valence-electron chi connectivity index (χ2n) is 6.42. The van der Waals surface area contributed by atoms with Crippen molar-refractivity contribution in [2.45, 2.75) is 33.6 Å². The monoisotopic (exact) mass is 340 g/mol. The van der Waals surface area contributed by atoms with E-state index >= 15 is 0 Å². The fraction of sp³-hybridized carbons (Fsp3) is 0.333. The van der Waals surface area contributed by atoms with Gasteiger partial charge in [0.2, 0.25) is 0 Å². The molecule has 0 saturated heterocycles. The minimum atomic E-state index is -0.590. The smallest absolute Gasteiger partial charge is 0.338 e. The molecule has 2 aliphatic carbocycles. The van der Waals surface area contributed by atoms with Gasteiger partial charge in [0, 0.05) is 6.08 Å². The predicted molar refractivity (Wildman–Crippen MR) is 98.6 cm³/mol. The fourth-order valence-electron chi connectivity index (χ4n) is 2.94. The third-order valence-corrected chi connectivity index (χ3v) is 4.38. The molecule has 0 aliphatic heterocycles. The summed E-state index contributed by atoms with van der Waals surface area (Å²) in [5, 5.41) is 0. The summed E-state index contributed by atoms with van der Waals surface area (Å²) in [5.41, 5.74) is 6.21. The number of hydrogen-bond acceptors (Lipinski definition) is 4. The van der Waals surface area contributed by atoms with Crippen LogP contribution >= 0.6 is 0 Å². The molecule has 0 spiro atoms. The van der Waals surface area contributed by atoms with Crippen LogP contribution in [0.5, 0.6) is 0 Å². The number of aryl methyl sites for hydroxylation is 2. The fourth-order valence-corrected chi connectivity index (χ4v) is 2.94. The third kappa shape index (κ3) is 3.73. The lowest BCUT2D eigenvalue weighted by atomic mass is 9.97. The van der Waals surface area contributed by atoms with E-state index in [1.54, 1.807) is 0 Å². The summed E-state index contributed by atoms with van der Waals surface area (Å²) in [4.78, 5) is 24.0. The Morgan fingerprint density at radius 2 is 1.68 bits per heavy atom. The highest BCUT2D eigenvalue weighted by atomic mass is 16.5. The summed E-state index contributed by atoms with van der Waals surface area (Å²) < 4.78 is 9.57. The first-order valence-electron chi connectivity index (χ1n) is 8.22. The SMILES string of the molecule is COC(=O)C=C(C(=O)OC)c1cc(C)c2cc(C(C)C)ccc(C)c1-2. The summed E-state index contributed by atoms with van der Waals surface area (Å²) in [5.74, 6) is -0.765. The van der Waals surface area contributed by atoms with Gasteiger partial charge in [0.25, 0.3) is 0 Å². The number of ether oxygens (including phenoxy) is 2. The Balaban J connectivity index is 2.77. The average molecular weight is 340 g/mol. The van der Waals surface area contributed by atoms with Crippen LogP contribution in [0.25, 0.3) is 16.7 Å². The minimum absolute atomic E-state index is 0.202. The summed E-state index contributed by atoms with van der Waals surface area (Å²) in [6, 6.07) is 8.23. The first-order valence-corrected chi connectivity index (χ1v) is 8.22. The highest BCUT2D eigenvalue weighted by Gasteiger charge is 2.24. The van der Waals surface area contributed by atoms with Gasteiger partial charge in [-0.15, -0.1) is 0 Å². The lowest BCUT2D eigenvalue weighted by Crippen LogP contribution is -2.07. The second-order valence-corrected chi connectivity index (χ2v) is 6.42. The first-order chi connectivity index (χ1) is 11.8. The van der Waals surface area contributed by atoms with Crippen LogP contribution in [0.2, 0.25) is 0 Å². The molecule has 2 aliphatic rings. The first kappa shape index (κ1) is 18.7. The van der Waals surface area contributed by atoms with Crippen molar-refractivity contribution >= 4 is 17.5 Å². The van der Waals surface area contributed by atoms with Gasteiger partial charge in [-0.1, -0.05) is 32.0 Å². The normalized spacial score (nSPS) is 11.7. The van der Waals surface area contributed by atoms with Crippen LogP contribution < -0.4 is 0 Å². The molecule has 0 unspecified atom stereocenters. The zero-order valence-corrected chi connectivity index (χ0v) is 15.6. The van der Waals surface area contributed by atoms with Crippen LogP contribution in [0.15, 0.2) is 30.3 Å². The predicted octanol–water partition coefficient (Wildman–Crippen LogP) is 4.26. The van der Waals surface area contributed by atoms with Gasteiger partial charge in [0.15, 0.2) is 0 Å². The van der Waals surface area contributed by atoms with E-state index in [2.05, 4.69) is 26.0 Å². The highest BCUT2D eigenvalue weighted by molar-refractivity contribution is 6.22. The van der Waals surface area contributed by atoms with Gasteiger partial charge < -0.3 is 9.47 Å². The van der Waals surface area contributed by atoms with Gasteiger partial charge in [0.1, 0.15) is 0 Å². The Kier molecular flexibility index (Phi) is 5.62. The molecule has 4 nitrogen and oxygen atoms in total. The Hall–Kier alpha value is -2.62. The van der Waals surface area contributed by atoms with Crippen molar-refractivity contribution < 1.29 is 19.1 Å². The molecule has 132 valence electrons. The average Bonchev–Trinajstić information content (AvgIpc) is 2.79. The number of carbonyl (C=O) groups is 2. The van der Waals surface area contributed by atoms with E-state index < -0.39 is 11.9 Å². The molecule has 0 aromatic carbocycles. The summed E-state index contributed by atoms with van der Waals surface area (Å²) in [6.07, 6.45) is 1.19. The van der Waals surface area contributed by atoms with Crippen molar-refractivity contribution in [1.82, 2.24) is 0 Å². The maximum Gasteiger partial charge on any atom is 0.338 e. The Bertz CT molecular complexity index is 815. The molecule has 0 N–H and O–H groups in total.